The largest absolute Gasteiger partial charge is 0.378 e. The molecule has 0 radical (unpaired) electrons. The summed E-state index contributed by atoms with van der Waals surface area (Å²) in [5.41, 5.74) is 0.338. The summed E-state index contributed by atoms with van der Waals surface area (Å²) in [6.45, 7) is 15.7. The fourth-order valence-electron chi connectivity index (χ4n) is 6.24. The van der Waals surface area contributed by atoms with Crippen molar-refractivity contribution in [3.8, 4) is 0 Å². The van der Waals surface area contributed by atoms with E-state index in [0.717, 1.165) is 45.9 Å². The molecule has 4 aliphatic heterocycles. The van der Waals surface area contributed by atoms with E-state index in [9.17, 15) is 0 Å². The molecule has 0 aromatic carbocycles. The Hall–Kier alpha value is -0.240. The minimum Gasteiger partial charge on any atom is -0.378 e. The van der Waals surface area contributed by atoms with Crippen molar-refractivity contribution in [3.63, 3.8) is 0 Å². The maximum Gasteiger partial charge on any atom is 0.0682 e. The molecule has 4 unspecified atom stereocenters. The third-order valence-electron chi connectivity index (χ3n) is 7.82. The second-order valence-electron chi connectivity index (χ2n) is 10.4. The van der Waals surface area contributed by atoms with Crippen LogP contribution in [-0.4, -0.2) is 110 Å². The van der Waals surface area contributed by atoms with Gasteiger partial charge in [-0.15, -0.1) is 0 Å². The van der Waals surface area contributed by atoms with Crippen LogP contribution in [0, 0.1) is 0 Å². The molecule has 6 heteroatoms. The first-order chi connectivity index (χ1) is 13.9. The standard InChI is InChI=1S/C23H43N3O3/c1-19(2)28-18-23-8-6-21(26(23)12-13-27-16-23)14-20(3)29-17-22-7-5-9-25(22)11-10-24(4)15-22/h19-21H,5-18H2,1-4H3. The highest BCUT2D eigenvalue weighted by Gasteiger charge is 2.49. The molecular formula is C23H43N3O3. The fraction of sp³-hybridized carbons (Fsp3) is 1.00. The minimum absolute atomic E-state index is 0.0833. The van der Waals surface area contributed by atoms with E-state index in [-0.39, 0.29) is 17.2 Å². The Labute approximate surface area is 177 Å². The van der Waals surface area contributed by atoms with E-state index in [1.165, 1.54) is 45.3 Å². The van der Waals surface area contributed by atoms with Crippen LogP contribution in [-0.2, 0) is 14.2 Å². The Morgan fingerprint density at radius 3 is 2.66 bits per heavy atom. The number of fused-ring (bicyclic) bond motifs is 2. The van der Waals surface area contributed by atoms with E-state index in [1.54, 1.807) is 0 Å². The van der Waals surface area contributed by atoms with Crippen LogP contribution in [0.2, 0.25) is 0 Å². The Kier molecular flexibility index (Phi) is 6.89. The van der Waals surface area contributed by atoms with Crippen LogP contribution in [0.5, 0.6) is 0 Å². The summed E-state index contributed by atoms with van der Waals surface area (Å²) in [6, 6.07) is 0.593. The summed E-state index contributed by atoms with van der Waals surface area (Å²) in [4.78, 5) is 7.89. The predicted octanol–water partition coefficient (Wildman–Crippen LogP) is 2.22. The number of hydrogen-bond donors (Lipinski definition) is 0. The Morgan fingerprint density at radius 2 is 1.83 bits per heavy atom. The zero-order valence-electron chi connectivity index (χ0n) is 19.2. The van der Waals surface area contributed by atoms with Crippen molar-refractivity contribution >= 4 is 0 Å². The van der Waals surface area contributed by atoms with Crippen LogP contribution in [0.4, 0.5) is 0 Å². The number of morpholine rings is 1. The van der Waals surface area contributed by atoms with E-state index in [1.807, 2.05) is 0 Å². The van der Waals surface area contributed by atoms with Gasteiger partial charge in [0.2, 0.25) is 0 Å². The lowest BCUT2D eigenvalue weighted by Gasteiger charge is -2.47. The zero-order chi connectivity index (χ0) is 20.5. The third-order valence-corrected chi connectivity index (χ3v) is 7.82. The van der Waals surface area contributed by atoms with Gasteiger partial charge in [0.1, 0.15) is 0 Å². The molecule has 4 rings (SSSR count). The van der Waals surface area contributed by atoms with Gasteiger partial charge in [-0.3, -0.25) is 9.80 Å². The highest BCUT2D eigenvalue weighted by Crippen LogP contribution is 2.39. The monoisotopic (exact) mass is 409 g/mol. The molecule has 4 atom stereocenters. The maximum atomic E-state index is 6.55. The normalized spacial score (nSPS) is 37.8. The van der Waals surface area contributed by atoms with Gasteiger partial charge in [0, 0.05) is 32.2 Å². The first-order valence-corrected chi connectivity index (χ1v) is 11.9. The lowest BCUT2D eigenvalue weighted by Crippen LogP contribution is -2.61. The summed E-state index contributed by atoms with van der Waals surface area (Å²) in [6.07, 6.45) is 6.71. The fourth-order valence-corrected chi connectivity index (χ4v) is 6.24. The van der Waals surface area contributed by atoms with Crippen molar-refractivity contribution in [2.24, 2.45) is 0 Å². The van der Waals surface area contributed by atoms with Gasteiger partial charge in [-0.1, -0.05) is 0 Å². The molecule has 4 heterocycles. The summed E-state index contributed by atoms with van der Waals surface area (Å²) in [5, 5.41) is 0. The molecule has 0 aliphatic carbocycles. The molecule has 0 aromatic heterocycles. The van der Waals surface area contributed by atoms with Gasteiger partial charge in [0.05, 0.1) is 49.7 Å². The van der Waals surface area contributed by atoms with Crippen LogP contribution in [0.25, 0.3) is 0 Å². The minimum atomic E-state index is 0.0833. The smallest absolute Gasteiger partial charge is 0.0682 e. The second kappa shape index (κ2) is 9.09. The molecule has 0 bridgehead atoms. The van der Waals surface area contributed by atoms with Gasteiger partial charge in [-0.05, 0) is 66.5 Å². The lowest BCUT2D eigenvalue weighted by molar-refractivity contribution is -0.111. The number of hydrogen-bond acceptors (Lipinski definition) is 6. The van der Waals surface area contributed by atoms with Gasteiger partial charge in [0.15, 0.2) is 0 Å². The van der Waals surface area contributed by atoms with E-state index in [0.29, 0.717) is 12.1 Å². The molecule has 0 N–H and O–H groups in total. The van der Waals surface area contributed by atoms with Crippen LogP contribution in [0.15, 0.2) is 0 Å². The number of rotatable bonds is 8. The third kappa shape index (κ3) is 4.68. The van der Waals surface area contributed by atoms with Crippen LogP contribution < -0.4 is 0 Å². The van der Waals surface area contributed by atoms with Crippen molar-refractivity contribution in [1.82, 2.24) is 14.7 Å². The molecular weight excluding hydrogens is 366 g/mol. The Bertz CT molecular complexity index is 547. The van der Waals surface area contributed by atoms with Gasteiger partial charge >= 0.3 is 0 Å². The molecule has 6 nitrogen and oxygen atoms in total. The molecule has 4 fully saturated rings. The summed E-state index contributed by atoms with van der Waals surface area (Å²) < 4.78 is 18.5. The summed E-state index contributed by atoms with van der Waals surface area (Å²) in [7, 11) is 2.26. The van der Waals surface area contributed by atoms with Crippen LogP contribution in [0.3, 0.4) is 0 Å². The number of piperazine rings is 1. The Balaban J connectivity index is 1.32. The van der Waals surface area contributed by atoms with E-state index >= 15 is 0 Å². The highest BCUT2D eigenvalue weighted by atomic mass is 16.5. The molecule has 4 saturated heterocycles. The average molecular weight is 410 g/mol. The van der Waals surface area contributed by atoms with Gasteiger partial charge in [-0.25, -0.2) is 0 Å². The molecule has 0 saturated carbocycles. The first kappa shape index (κ1) is 22.0. The number of nitrogens with zero attached hydrogens (tertiary/aromatic N) is 3. The lowest BCUT2D eigenvalue weighted by atomic mass is 9.94. The van der Waals surface area contributed by atoms with Gasteiger partial charge in [0.25, 0.3) is 0 Å². The number of ether oxygens (including phenoxy) is 3. The first-order valence-electron chi connectivity index (χ1n) is 11.9. The van der Waals surface area contributed by atoms with E-state index in [2.05, 4.69) is 42.5 Å². The van der Waals surface area contributed by atoms with E-state index < -0.39 is 0 Å². The summed E-state index contributed by atoms with van der Waals surface area (Å²) in [5.74, 6) is 0. The van der Waals surface area contributed by atoms with Gasteiger partial charge in [-0.2, -0.15) is 0 Å². The van der Waals surface area contributed by atoms with Crippen molar-refractivity contribution in [3.05, 3.63) is 0 Å². The summed E-state index contributed by atoms with van der Waals surface area (Å²) >= 11 is 0. The molecule has 168 valence electrons. The quantitative estimate of drug-likeness (QED) is 0.612. The topological polar surface area (TPSA) is 37.4 Å². The number of likely N-dealkylation sites (N-methyl/N-ethyl adjacent to an activating group) is 1. The predicted molar refractivity (Wildman–Crippen MR) is 115 cm³/mol. The molecule has 0 amide bonds. The molecule has 29 heavy (non-hydrogen) atoms. The zero-order valence-corrected chi connectivity index (χ0v) is 19.2. The van der Waals surface area contributed by atoms with Gasteiger partial charge < -0.3 is 19.1 Å². The molecule has 4 aliphatic rings. The molecule has 0 spiro atoms. The van der Waals surface area contributed by atoms with Crippen molar-refractivity contribution in [2.45, 2.75) is 82.2 Å². The van der Waals surface area contributed by atoms with Crippen LogP contribution in [0.1, 0.15) is 52.9 Å². The molecule has 0 aromatic rings. The average Bonchev–Trinajstić information content (AvgIpc) is 3.27. The van der Waals surface area contributed by atoms with E-state index in [4.69, 9.17) is 14.2 Å². The highest BCUT2D eigenvalue weighted by molar-refractivity contribution is 5.04. The SMILES string of the molecule is CC(C)OCC12CCC(CC(C)OCC34CCCN3CCN(C)C4)N1CCOC2. The van der Waals surface area contributed by atoms with Crippen molar-refractivity contribution in [2.75, 3.05) is 66.2 Å². The van der Waals surface area contributed by atoms with Crippen LogP contribution >= 0.6 is 0 Å². The Morgan fingerprint density at radius 1 is 1.00 bits per heavy atom. The van der Waals surface area contributed by atoms with Crippen molar-refractivity contribution in [1.29, 1.82) is 0 Å². The second-order valence-corrected chi connectivity index (χ2v) is 10.4. The van der Waals surface area contributed by atoms with Crippen molar-refractivity contribution < 1.29 is 14.2 Å². The maximum absolute atomic E-state index is 6.55.